The van der Waals surface area contributed by atoms with Crippen molar-refractivity contribution in [1.29, 1.82) is 0 Å². The van der Waals surface area contributed by atoms with E-state index in [1.54, 1.807) is 0 Å². The molecular weight excluding hydrogens is 807 g/mol. The Balaban J connectivity index is 0.967. The smallest absolute Gasteiger partial charge is 0.0467 e. The fraction of sp³-hybridized carbons (Fsp3) is 0. The molecule has 0 spiro atoms. The van der Waals surface area contributed by atoms with E-state index in [1.165, 1.54) is 93.5 Å². The van der Waals surface area contributed by atoms with E-state index in [0.29, 0.717) is 0 Å². The Hall–Kier alpha value is -8.78. The third kappa shape index (κ3) is 7.63. The van der Waals surface area contributed by atoms with Crippen LogP contribution in [0.15, 0.2) is 273 Å². The van der Waals surface area contributed by atoms with Gasteiger partial charge in [0.1, 0.15) is 0 Å². The minimum atomic E-state index is 1.08. The van der Waals surface area contributed by atoms with Crippen LogP contribution in [-0.2, 0) is 0 Å². The number of anilines is 3. The van der Waals surface area contributed by atoms with Crippen LogP contribution in [0.1, 0.15) is 0 Å². The number of hydrogen-bond acceptors (Lipinski definition) is 1. The molecule has 0 aliphatic rings. The predicted octanol–water partition coefficient (Wildman–Crippen LogP) is 18.6. The third-order valence-corrected chi connectivity index (χ3v) is 13.3. The summed E-state index contributed by atoms with van der Waals surface area (Å²) in [4.78, 5) is 2.39. The van der Waals surface area contributed by atoms with Gasteiger partial charge in [0.2, 0.25) is 0 Å². The lowest BCUT2D eigenvalue weighted by Gasteiger charge is -2.27. The second-order valence-corrected chi connectivity index (χ2v) is 17.3. The maximum absolute atomic E-state index is 2.39. The van der Waals surface area contributed by atoms with Crippen molar-refractivity contribution in [2.24, 2.45) is 0 Å². The summed E-state index contributed by atoms with van der Waals surface area (Å²) in [5.41, 5.74) is 17.7. The largest absolute Gasteiger partial charge is 0.310 e. The first-order chi connectivity index (χ1) is 33.2. The van der Waals surface area contributed by atoms with Crippen LogP contribution in [0.5, 0.6) is 0 Å². The highest BCUT2D eigenvalue weighted by Gasteiger charge is 2.18. The van der Waals surface area contributed by atoms with E-state index < -0.39 is 0 Å². The van der Waals surface area contributed by atoms with E-state index in [1.807, 2.05) is 0 Å². The Kier molecular flexibility index (Phi) is 10.3. The zero-order chi connectivity index (χ0) is 44.5. The summed E-state index contributed by atoms with van der Waals surface area (Å²) in [5.74, 6) is 0. The molecule has 0 saturated carbocycles. The van der Waals surface area contributed by atoms with Crippen molar-refractivity contribution in [2.75, 3.05) is 4.90 Å². The maximum Gasteiger partial charge on any atom is 0.0467 e. The topological polar surface area (TPSA) is 3.24 Å². The van der Waals surface area contributed by atoms with Crippen LogP contribution in [-0.4, -0.2) is 0 Å². The second kappa shape index (κ2) is 17.3. The molecule has 12 rings (SSSR count). The molecule has 0 amide bonds. The fourth-order valence-corrected chi connectivity index (χ4v) is 9.94. The van der Waals surface area contributed by atoms with Gasteiger partial charge in [-0.05, 0) is 148 Å². The van der Waals surface area contributed by atoms with Crippen LogP contribution in [0.3, 0.4) is 0 Å². The molecule has 1 heteroatoms. The van der Waals surface area contributed by atoms with Crippen molar-refractivity contribution >= 4 is 49.4 Å². The summed E-state index contributed by atoms with van der Waals surface area (Å²) >= 11 is 0. The molecule has 0 unspecified atom stereocenters. The number of benzene rings is 12. The minimum Gasteiger partial charge on any atom is -0.310 e. The standard InChI is InChI=1S/C66H45N/c1-4-15-47(16-5-1)61-40-35-55(45-65(61)49-19-8-3-9-20-49)46-29-36-57(37-30-46)67(59-24-14-23-53(44-59)54-34-41-62-56(43-54)28-27-50-21-10-12-25-60(50)62)58-38-31-52(32-39-58)66-63-26-13-11-22-51(63)33-42-64(66)48-17-6-2-7-18-48/h1-45H. The lowest BCUT2D eigenvalue weighted by molar-refractivity contribution is 1.28. The molecule has 67 heavy (non-hydrogen) atoms. The second-order valence-electron chi connectivity index (χ2n) is 17.3. The number of rotatable bonds is 9. The van der Waals surface area contributed by atoms with Gasteiger partial charge >= 0.3 is 0 Å². The van der Waals surface area contributed by atoms with E-state index in [0.717, 1.165) is 22.6 Å². The molecule has 0 heterocycles. The fourth-order valence-electron chi connectivity index (χ4n) is 9.94. The summed E-state index contributed by atoms with van der Waals surface area (Å²) in [6, 6.07) is 99.4. The quantitative estimate of drug-likeness (QED) is 0.131. The summed E-state index contributed by atoms with van der Waals surface area (Å²) in [5, 5.41) is 7.52. The van der Waals surface area contributed by atoms with E-state index in [4.69, 9.17) is 0 Å². The van der Waals surface area contributed by atoms with Gasteiger partial charge in [-0.25, -0.2) is 0 Å². The van der Waals surface area contributed by atoms with Crippen molar-refractivity contribution in [3.8, 4) is 66.8 Å². The first-order valence-corrected chi connectivity index (χ1v) is 23.1. The minimum absolute atomic E-state index is 1.08. The highest BCUT2D eigenvalue weighted by Crippen LogP contribution is 2.43. The molecule has 0 radical (unpaired) electrons. The van der Waals surface area contributed by atoms with Crippen LogP contribution in [0.4, 0.5) is 17.1 Å². The van der Waals surface area contributed by atoms with Gasteiger partial charge in [-0.3, -0.25) is 0 Å². The van der Waals surface area contributed by atoms with Gasteiger partial charge in [-0.15, -0.1) is 0 Å². The average molecular weight is 852 g/mol. The highest BCUT2D eigenvalue weighted by molar-refractivity contribution is 6.09. The van der Waals surface area contributed by atoms with E-state index in [-0.39, 0.29) is 0 Å². The zero-order valence-electron chi connectivity index (χ0n) is 36.9. The van der Waals surface area contributed by atoms with E-state index >= 15 is 0 Å². The van der Waals surface area contributed by atoms with Gasteiger partial charge < -0.3 is 4.90 Å². The third-order valence-electron chi connectivity index (χ3n) is 13.3. The molecule has 0 bridgehead atoms. The summed E-state index contributed by atoms with van der Waals surface area (Å²) < 4.78 is 0. The Morgan fingerprint density at radius 2 is 0.642 bits per heavy atom. The monoisotopic (exact) mass is 851 g/mol. The zero-order valence-corrected chi connectivity index (χ0v) is 36.9. The van der Waals surface area contributed by atoms with Gasteiger partial charge in [0.25, 0.3) is 0 Å². The SMILES string of the molecule is c1ccc(-c2ccc(-c3ccc(N(c4ccc(-c5c(-c6ccccc6)ccc6ccccc56)cc4)c4cccc(-c5ccc6c(ccc7ccccc76)c5)c4)cc3)cc2-c2ccccc2)cc1. The van der Waals surface area contributed by atoms with Crippen molar-refractivity contribution in [3.63, 3.8) is 0 Å². The van der Waals surface area contributed by atoms with Crippen molar-refractivity contribution in [2.45, 2.75) is 0 Å². The van der Waals surface area contributed by atoms with Gasteiger partial charge in [-0.2, -0.15) is 0 Å². The van der Waals surface area contributed by atoms with E-state index in [9.17, 15) is 0 Å². The summed E-state index contributed by atoms with van der Waals surface area (Å²) in [6.07, 6.45) is 0. The van der Waals surface area contributed by atoms with Gasteiger partial charge in [-0.1, -0.05) is 224 Å². The van der Waals surface area contributed by atoms with Crippen LogP contribution < -0.4 is 4.90 Å². The molecule has 0 atom stereocenters. The predicted molar refractivity (Wildman–Crippen MR) is 286 cm³/mol. The molecule has 314 valence electrons. The number of fused-ring (bicyclic) bond motifs is 4. The molecule has 12 aromatic carbocycles. The first kappa shape index (κ1) is 39.8. The van der Waals surface area contributed by atoms with Gasteiger partial charge in [0.15, 0.2) is 0 Å². The molecule has 0 aliphatic heterocycles. The van der Waals surface area contributed by atoms with Gasteiger partial charge in [0.05, 0.1) is 0 Å². The average Bonchev–Trinajstić information content (AvgIpc) is 3.41. The van der Waals surface area contributed by atoms with Crippen molar-refractivity contribution < 1.29 is 0 Å². The van der Waals surface area contributed by atoms with Crippen LogP contribution >= 0.6 is 0 Å². The molecule has 0 aromatic heterocycles. The Morgan fingerprint density at radius 3 is 1.33 bits per heavy atom. The van der Waals surface area contributed by atoms with Gasteiger partial charge in [0, 0.05) is 17.1 Å². The molecule has 12 aromatic rings. The van der Waals surface area contributed by atoms with E-state index in [2.05, 4.69) is 278 Å². The Labute approximate surface area is 392 Å². The van der Waals surface area contributed by atoms with Crippen LogP contribution in [0.25, 0.3) is 99.1 Å². The Bertz CT molecular complexity index is 3710. The summed E-state index contributed by atoms with van der Waals surface area (Å²) in [6.45, 7) is 0. The normalized spacial score (nSPS) is 11.3. The molecule has 0 saturated heterocycles. The maximum atomic E-state index is 2.39. The Morgan fingerprint density at radius 1 is 0.194 bits per heavy atom. The molecule has 0 aliphatic carbocycles. The lowest BCUT2D eigenvalue weighted by atomic mass is 9.89. The number of nitrogens with zero attached hydrogens (tertiary/aromatic N) is 1. The summed E-state index contributed by atoms with van der Waals surface area (Å²) in [7, 11) is 0. The highest BCUT2D eigenvalue weighted by atomic mass is 15.1. The van der Waals surface area contributed by atoms with Crippen molar-refractivity contribution in [3.05, 3.63) is 273 Å². The van der Waals surface area contributed by atoms with Crippen LogP contribution in [0, 0.1) is 0 Å². The van der Waals surface area contributed by atoms with Crippen molar-refractivity contribution in [1.82, 2.24) is 0 Å². The molecule has 0 fully saturated rings. The molecule has 1 nitrogen and oxygen atoms in total. The van der Waals surface area contributed by atoms with Crippen LogP contribution in [0.2, 0.25) is 0 Å². The first-order valence-electron chi connectivity index (χ1n) is 23.1. The molecule has 0 N–H and O–H groups in total. The lowest BCUT2D eigenvalue weighted by Crippen LogP contribution is -2.10. The number of hydrogen-bond donors (Lipinski definition) is 0. The molecular formula is C66H45N.